The van der Waals surface area contributed by atoms with E-state index in [-0.39, 0.29) is 42.9 Å². The van der Waals surface area contributed by atoms with Gasteiger partial charge in [0.05, 0.1) is 12.1 Å². The van der Waals surface area contributed by atoms with E-state index in [0.29, 0.717) is 18.5 Å². The highest BCUT2D eigenvalue weighted by atomic mass is 35.5. The fourth-order valence-corrected chi connectivity index (χ4v) is 5.03. The van der Waals surface area contributed by atoms with Crippen LogP contribution in [0.25, 0.3) is 0 Å². The van der Waals surface area contributed by atoms with E-state index >= 15 is 0 Å². The van der Waals surface area contributed by atoms with Crippen molar-refractivity contribution in [2.75, 3.05) is 13.1 Å². The van der Waals surface area contributed by atoms with Crippen LogP contribution in [-0.2, 0) is 17.9 Å². The predicted molar refractivity (Wildman–Crippen MR) is 121 cm³/mol. The van der Waals surface area contributed by atoms with Gasteiger partial charge in [-0.1, -0.05) is 37.1 Å². The molecule has 7 heteroatoms. The van der Waals surface area contributed by atoms with Crippen LogP contribution < -0.4 is 10.6 Å². The molecule has 4 rings (SSSR count). The summed E-state index contributed by atoms with van der Waals surface area (Å²) >= 11 is 0. The van der Waals surface area contributed by atoms with Crippen molar-refractivity contribution in [2.24, 2.45) is 5.92 Å². The maximum Gasteiger partial charge on any atom is 0.237 e. The molecule has 3 N–H and O–H groups in total. The number of benzene rings is 1. The molecule has 1 saturated carbocycles. The lowest BCUT2D eigenvalue weighted by molar-refractivity contribution is -0.123. The van der Waals surface area contributed by atoms with Gasteiger partial charge < -0.3 is 15.7 Å². The number of halogens is 2. The second-order valence-electron chi connectivity index (χ2n) is 8.60. The highest BCUT2D eigenvalue weighted by molar-refractivity contribution is 5.85. The van der Waals surface area contributed by atoms with Gasteiger partial charge in [-0.05, 0) is 49.1 Å². The minimum Gasteiger partial charge on any atom is -0.393 e. The molecule has 3 atom stereocenters. The predicted octanol–water partition coefficient (Wildman–Crippen LogP) is 3.02. The van der Waals surface area contributed by atoms with E-state index in [0.717, 1.165) is 38.9 Å². The van der Waals surface area contributed by atoms with Crippen LogP contribution in [0.3, 0.4) is 0 Å². The quantitative estimate of drug-likeness (QED) is 0.654. The first-order chi connectivity index (χ1) is 13.2. The Morgan fingerprint density at radius 1 is 1.07 bits per heavy atom. The number of piperidine rings is 1. The summed E-state index contributed by atoms with van der Waals surface area (Å²) in [5.41, 5.74) is 2.48. The van der Waals surface area contributed by atoms with Gasteiger partial charge in [0.1, 0.15) is 0 Å². The van der Waals surface area contributed by atoms with Crippen LogP contribution in [0.4, 0.5) is 0 Å². The second kappa shape index (κ2) is 11.5. The molecule has 164 valence electrons. The Labute approximate surface area is 186 Å². The molecular weight excluding hydrogens is 409 g/mol. The number of nitrogens with zero attached hydrogens (tertiary/aromatic N) is 1. The lowest BCUT2D eigenvalue weighted by atomic mass is 9.85. The Hall–Kier alpha value is -0.850. The molecule has 3 unspecified atom stereocenters. The summed E-state index contributed by atoms with van der Waals surface area (Å²) in [6.45, 7) is 3.37. The molecule has 3 fully saturated rings. The molecule has 2 aliphatic heterocycles. The summed E-state index contributed by atoms with van der Waals surface area (Å²) in [6, 6.07) is 8.94. The fraction of sp³-hybridized carbons (Fsp3) is 0.682. The van der Waals surface area contributed by atoms with Gasteiger partial charge in [-0.3, -0.25) is 9.69 Å². The molecule has 29 heavy (non-hydrogen) atoms. The van der Waals surface area contributed by atoms with Crippen LogP contribution in [0.15, 0.2) is 24.3 Å². The number of hydrogen-bond donors (Lipinski definition) is 3. The molecule has 1 aliphatic carbocycles. The van der Waals surface area contributed by atoms with Crippen LogP contribution in [0.5, 0.6) is 0 Å². The SMILES string of the molecule is Cl.Cl.O=C(NCc1ccccc1CN1CCC(O)CC1)C1CC2CCCCC2N1. The van der Waals surface area contributed by atoms with Gasteiger partial charge in [-0.15, -0.1) is 24.8 Å². The molecular formula is C22H35Cl2N3O2. The van der Waals surface area contributed by atoms with Crippen molar-refractivity contribution >= 4 is 30.7 Å². The van der Waals surface area contributed by atoms with Gasteiger partial charge >= 0.3 is 0 Å². The first kappa shape index (κ1) is 24.4. The maximum atomic E-state index is 12.7. The molecule has 1 aromatic rings. The van der Waals surface area contributed by atoms with Gasteiger partial charge in [-0.2, -0.15) is 0 Å². The van der Waals surface area contributed by atoms with E-state index in [1.165, 1.54) is 36.8 Å². The van der Waals surface area contributed by atoms with Crippen LogP contribution >= 0.6 is 24.8 Å². The van der Waals surface area contributed by atoms with Crippen molar-refractivity contribution in [3.8, 4) is 0 Å². The van der Waals surface area contributed by atoms with Gasteiger partial charge in [0.25, 0.3) is 0 Å². The molecule has 2 saturated heterocycles. The highest BCUT2D eigenvalue weighted by Crippen LogP contribution is 2.33. The standard InChI is InChI=1S/C22H33N3O2.2ClH/c26-19-9-11-25(12-10-19)15-18-7-2-1-6-17(18)14-23-22(27)21-13-16-5-3-4-8-20(16)24-21;;/h1-2,6-7,16,19-21,24,26H,3-5,8-15H2,(H,23,27);2*1H. The number of carbonyl (C=O) groups excluding carboxylic acids is 1. The first-order valence-corrected chi connectivity index (χ1v) is 10.7. The van der Waals surface area contributed by atoms with Crippen molar-refractivity contribution in [3.05, 3.63) is 35.4 Å². The monoisotopic (exact) mass is 443 g/mol. The summed E-state index contributed by atoms with van der Waals surface area (Å²) in [5.74, 6) is 0.844. The van der Waals surface area contributed by atoms with Crippen molar-refractivity contribution in [2.45, 2.75) is 76.2 Å². The second-order valence-corrected chi connectivity index (χ2v) is 8.60. The Kier molecular flexibility index (Phi) is 9.70. The summed E-state index contributed by atoms with van der Waals surface area (Å²) in [7, 11) is 0. The van der Waals surface area contributed by atoms with Crippen LogP contribution in [0, 0.1) is 5.92 Å². The topological polar surface area (TPSA) is 64.6 Å². The summed E-state index contributed by atoms with van der Waals surface area (Å²) in [4.78, 5) is 15.1. The lowest BCUT2D eigenvalue weighted by Gasteiger charge is -2.30. The number of aliphatic hydroxyl groups excluding tert-OH is 1. The molecule has 3 aliphatic rings. The molecule has 2 heterocycles. The molecule has 0 bridgehead atoms. The molecule has 5 nitrogen and oxygen atoms in total. The zero-order valence-corrected chi connectivity index (χ0v) is 18.6. The molecule has 1 aromatic carbocycles. The third kappa shape index (κ3) is 6.31. The first-order valence-electron chi connectivity index (χ1n) is 10.7. The van der Waals surface area contributed by atoms with E-state index in [1.54, 1.807) is 0 Å². The number of nitrogens with one attached hydrogen (secondary N) is 2. The van der Waals surface area contributed by atoms with Gasteiger partial charge in [0.2, 0.25) is 5.91 Å². The minimum absolute atomic E-state index is 0. The number of carbonyl (C=O) groups is 1. The van der Waals surface area contributed by atoms with Crippen LogP contribution in [0.2, 0.25) is 0 Å². The number of likely N-dealkylation sites (tertiary alicyclic amines) is 1. The van der Waals surface area contributed by atoms with Gasteiger partial charge in [0, 0.05) is 32.2 Å². The number of amides is 1. The Balaban J connectivity index is 0.00000150. The van der Waals surface area contributed by atoms with E-state index in [9.17, 15) is 9.90 Å². The summed E-state index contributed by atoms with van der Waals surface area (Å²) in [5, 5.41) is 16.4. The van der Waals surface area contributed by atoms with Gasteiger partial charge in [0.15, 0.2) is 0 Å². The molecule has 0 spiro atoms. The lowest BCUT2D eigenvalue weighted by Crippen LogP contribution is -2.43. The van der Waals surface area contributed by atoms with Crippen molar-refractivity contribution in [1.82, 2.24) is 15.5 Å². The Morgan fingerprint density at radius 2 is 1.76 bits per heavy atom. The fourth-order valence-electron chi connectivity index (χ4n) is 5.03. The van der Waals surface area contributed by atoms with Gasteiger partial charge in [-0.25, -0.2) is 0 Å². The number of aliphatic hydroxyl groups is 1. The number of fused-ring (bicyclic) bond motifs is 1. The zero-order chi connectivity index (χ0) is 18.6. The molecule has 0 radical (unpaired) electrons. The Bertz CT molecular complexity index is 639. The smallest absolute Gasteiger partial charge is 0.237 e. The van der Waals surface area contributed by atoms with Crippen molar-refractivity contribution in [1.29, 1.82) is 0 Å². The third-order valence-corrected chi connectivity index (χ3v) is 6.70. The van der Waals surface area contributed by atoms with E-state index in [4.69, 9.17) is 0 Å². The third-order valence-electron chi connectivity index (χ3n) is 6.70. The van der Waals surface area contributed by atoms with E-state index in [1.807, 2.05) is 6.07 Å². The van der Waals surface area contributed by atoms with Crippen molar-refractivity contribution in [3.63, 3.8) is 0 Å². The molecule has 1 amide bonds. The van der Waals surface area contributed by atoms with E-state index in [2.05, 4.69) is 33.7 Å². The van der Waals surface area contributed by atoms with E-state index < -0.39 is 0 Å². The van der Waals surface area contributed by atoms with Crippen molar-refractivity contribution < 1.29 is 9.90 Å². The largest absolute Gasteiger partial charge is 0.393 e. The average Bonchev–Trinajstić information content (AvgIpc) is 3.13. The molecule has 0 aromatic heterocycles. The average molecular weight is 444 g/mol. The number of hydrogen-bond acceptors (Lipinski definition) is 4. The summed E-state index contributed by atoms with van der Waals surface area (Å²) < 4.78 is 0. The minimum atomic E-state index is -0.140. The van der Waals surface area contributed by atoms with Crippen LogP contribution in [0.1, 0.15) is 56.1 Å². The number of rotatable bonds is 5. The zero-order valence-electron chi connectivity index (χ0n) is 17.0. The summed E-state index contributed by atoms with van der Waals surface area (Å²) in [6.07, 6.45) is 7.67. The Morgan fingerprint density at radius 3 is 2.48 bits per heavy atom. The maximum absolute atomic E-state index is 12.7. The normalized spacial score (nSPS) is 27.4. The van der Waals surface area contributed by atoms with Crippen LogP contribution in [-0.4, -0.2) is 47.2 Å². The highest BCUT2D eigenvalue weighted by Gasteiger charge is 2.38.